The number of hydrogen-bond acceptors (Lipinski definition) is 6. The van der Waals surface area contributed by atoms with E-state index in [0.29, 0.717) is 28.9 Å². The van der Waals surface area contributed by atoms with E-state index < -0.39 is 0 Å². The third-order valence-electron chi connectivity index (χ3n) is 6.36. The molecule has 2 aliphatic heterocycles. The Hall–Kier alpha value is -2.84. The van der Waals surface area contributed by atoms with Crippen molar-refractivity contribution in [3.63, 3.8) is 0 Å². The molecule has 2 aliphatic rings. The van der Waals surface area contributed by atoms with Gasteiger partial charge in [-0.05, 0) is 57.5 Å². The topological polar surface area (TPSA) is 75.5 Å². The molecule has 160 valence electrons. The maximum absolute atomic E-state index is 13.5. The van der Waals surface area contributed by atoms with E-state index in [1.165, 1.54) is 4.90 Å². The number of likely N-dealkylation sites (tertiary alicyclic amines) is 1. The Bertz CT molecular complexity index is 1230. The minimum Gasteiger partial charge on any atom is -0.296 e. The number of imide groups is 1. The zero-order valence-corrected chi connectivity index (χ0v) is 18.5. The van der Waals surface area contributed by atoms with Crippen molar-refractivity contribution in [2.45, 2.75) is 39.8 Å². The predicted octanol–water partition coefficient (Wildman–Crippen LogP) is 2.97. The number of aryl methyl sites for hydroxylation is 2. The summed E-state index contributed by atoms with van der Waals surface area (Å²) in [6.45, 7) is 6.93. The first kappa shape index (κ1) is 20.1. The van der Waals surface area contributed by atoms with Crippen molar-refractivity contribution in [2.75, 3.05) is 19.6 Å². The number of amides is 2. The summed E-state index contributed by atoms with van der Waals surface area (Å²) in [6.07, 6.45) is 2.30. The minimum absolute atomic E-state index is 0.0855. The highest BCUT2D eigenvalue weighted by Crippen LogP contribution is 2.27. The van der Waals surface area contributed by atoms with E-state index in [-0.39, 0.29) is 30.5 Å². The molecule has 4 heterocycles. The highest BCUT2D eigenvalue weighted by atomic mass is 32.1. The Kier molecular flexibility index (Phi) is 4.98. The van der Waals surface area contributed by atoms with Crippen molar-refractivity contribution in [2.24, 2.45) is 0 Å². The molecule has 0 aliphatic carbocycles. The van der Waals surface area contributed by atoms with Gasteiger partial charge >= 0.3 is 0 Å². The zero-order valence-electron chi connectivity index (χ0n) is 17.7. The largest absolute Gasteiger partial charge is 0.296 e. The molecule has 0 saturated carbocycles. The molecule has 31 heavy (non-hydrogen) atoms. The maximum atomic E-state index is 13.5. The van der Waals surface area contributed by atoms with Crippen LogP contribution in [0.15, 0.2) is 29.1 Å². The first-order valence-electron chi connectivity index (χ1n) is 10.6. The highest BCUT2D eigenvalue weighted by Gasteiger charge is 2.35. The molecule has 0 spiro atoms. The van der Waals surface area contributed by atoms with Crippen molar-refractivity contribution < 1.29 is 9.59 Å². The second kappa shape index (κ2) is 7.69. The lowest BCUT2D eigenvalue weighted by molar-refractivity contribution is 0.0647. The van der Waals surface area contributed by atoms with Gasteiger partial charge in [0.1, 0.15) is 10.7 Å². The normalized spacial score (nSPS) is 16.6. The summed E-state index contributed by atoms with van der Waals surface area (Å²) >= 11 is 1.55. The lowest BCUT2D eigenvalue weighted by atomic mass is 10.1. The van der Waals surface area contributed by atoms with Gasteiger partial charge in [0.05, 0.1) is 23.1 Å². The second-order valence-electron chi connectivity index (χ2n) is 8.24. The Morgan fingerprint density at radius 1 is 0.968 bits per heavy atom. The van der Waals surface area contributed by atoms with Crippen LogP contribution >= 0.6 is 11.3 Å². The summed E-state index contributed by atoms with van der Waals surface area (Å²) < 4.78 is 1.67. The standard InChI is InChI=1S/C23H24N4O3S/c1-14-15(2)31-20-19(14)23(30)26(18(24-20)13-25-9-5-6-10-25)11-12-27-21(28)16-7-3-4-8-17(16)22(27)29/h3-4,7-8H,5-6,9-13H2,1-2H3. The molecule has 0 unspecified atom stereocenters. The Morgan fingerprint density at radius 2 is 1.61 bits per heavy atom. The van der Waals surface area contributed by atoms with Crippen molar-refractivity contribution in [1.29, 1.82) is 0 Å². The second-order valence-corrected chi connectivity index (χ2v) is 9.44. The van der Waals surface area contributed by atoms with Gasteiger partial charge in [0.25, 0.3) is 17.4 Å². The van der Waals surface area contributed by atoms with Crippen LogP contribution in [0.5, 0.6) is 0 Å². The summed E-state index contributed by atoms with van der Waals surface area (Å²) in [5.41, 5.74) is 1.72. The number of rotatable bonds is 5. The third-order valence-corrected chi connectivity index (χ3v) is 7.46. The van der Waals surface area contributed by atoms with Crippen molar-refractivity contribution in [3.8, 4) is 0 Å². The molecule has 0 radical (unpaired) electrons. The molecule has 5 rings (SSSR count). The smallest absolute Gasteiger partial charge is 0.262 e. The van der Waals surface area contributed by atoms with E-state index in [4.69, 9.17) is 4.98 Å². The molecule has 0 atom stereocenters. The summed E-state index contributed by atoms with van der Waals surface area (Å²) in [6, 6.07) is 6.86. The molecule has 8 heteroatoms. The Morgan fingerprint density at radius 3 is 2.26 bits per heavy atom. The van der Waals surface area contributed by atoms with Crippen LogP contribution in [0.2, 0.25) is 0 Å². The van der Waals surface area contributed by atoms with Gasteiger partial charge in [-0.15, -0.1) is 11.3 Å². The summed E-state index contributed by atoms with van der Waals surface area (Å²) in [7, 11) is 0. The van der Waals surface area contributed by atoms with Gasteiger partial charge in [0.15, 0.2) is 0 Å². The molecule has 1 saturated heterocycles. The average molecular weight is 437 g/mol. The van der Waals surface area contributed by atoms with Gasteiger partial charge in [-0.3, -0.25) is 28.8 Å². The van der Waals surface area contributed by atoms with E-state index in [1.54, 1.807) is 40.2 Å². The SMILES string of the molecule is Cc1sc2nc(CN3CCCC3)n(CCN3C(=O)c4ccccc4C3=O)c(=O)c2c1C. The van der Waals surface area contributed by atoms with Gasteiger partial charge in [0.2, 0.25) is 0 Å². The Balaban J connectivity index is 1.50. The van der Waals surface area contributed by atoms with Crippen LogP contribution in [0.3, 0.4) is 0 Å². The number of carbonyl (C=O) groups is 2. The van der Waals surface area contributed by atoms with E-state index in [9.17, 15) is 14.4 Å². The van der Waals surface area contributed by atoms with Crippen molar-refractivity contribution in [3.05, 3.63) is 62.0 Å². The average Bonchev–Trinajstić information content (AvgIpc) is 3.43. The van der Waals surface area contributed by atoms with E-state index in [1.807, 2.05) is 13.8 Å². The van der Waals surface area contributed by atoms with Crippen LogP contribution < -0.4 is 5.56 Å². The fourth-order valence-corrected chi connectivity index (χ4v) is 5.54. The van der Waals surface area contributed by atoms with Crippen LogP contribution in [0.25, 0.3) is 10.2 Å². The third kappa shape index (κ3) is 3.30. The number of aromatic nitrogens is 2. The predicted molar refractivity (Wildman–Crippen MR) is 120 cm³/mol. The van der Waals surface area contributed by atoms with E-state index >= 15 is 0 Å². The number of carbonyl (C=O) groups excluding carboxylic acids is 2. The van der Waals surface area contributed by atoms with Gasteiger partial charge in [-0.25, -0.2) is 4.98 Å². The molecule has 1 aromatic carbocycles. The van der Waals surface area contributed by atoms with Crippen LogP contribution in [0.4, 0.5) is 0 Å². The maximum Gasteiger partial charge on any atom is 0.262 e. The number of nitrogens with zero attached hydrogens (tertiary/aromatic N) is 4. The van der Waals surface area contributed by atoms with Gasteiger partial charge in [-0.2, -0.15) is 0 Å². The molecular formula is C23H24N4O3S. The minimum atomic E-state index is -0.300. The highest BCUT2D eigenvalue weighted by molar-refractivity contribution is 7.18. The number of fused-ring (bicyclic) bond motifs is 2. The van der Waals surface area contributed by atoms with Crippen molar-refractivity contribution >= 4 is 33.4 Å². The summed E-state index contributed by atoms with van der Waals surface area (Å²) in [5, 5.41) is 0.648. The molecule has 0 bridgehead atoms. The first-order chi connectivity index (χ1) is 15.0. The quantitative estimate of drug-likeness (QED) is 0.575. The molecule has 2 aromatic heterocycles. The van der Waals surface area contributed by atoms with Gasteiger partial charge in [-0.1, -0.05) is 12.1 Å². The number of hydrogen-bond donors (Lipinski definition) is 0. The molecule has 2 amide bonds. The fourth-order valence-electron chi connectivity index (χ4n) is 4.50. The van der Waals surface area contributed by atoms with E-state index in [2.05, 4.69) is 4.90 Å². The first-order valence-corrected chi connectivity index (χ1v) is 11.4. The van der Waals surface area contributed by atoms with Crippen LogP contribution in [0, 0.1) is 13.8 Å². The number of thiophene rings is 1. The molecular weight excluding hydrogens is 412 g/mol. The number of benzene rings is 1. The summed E-state index contributed by atoms with van der Waals surface area (Å²) in [4.78, 5) is 49.2. The van der Waals surface area contributed by atoms with Crippen LogP contribution in [-0.2, 0) is 13.1 Å². The lowest BCUT2D eigenvalue weighted by Gasteiger charge is -2.20. The van der Waals surface area contributed by atoms with Crippen LogP contribution in [0.1, 0.15) is 49.8 Å². The molecule has 3 aromatic rings. The molecule has 0 N–H and O–H groups in total. The Labute approximate surface area is 183 Å². The summed E-state index contributed by atoms with van der Waals surface area (Å²) in [5.74, 6) is 0.106. The fraction of sp³-hybridized carbons (Fsp3) is 0.391. The lowest BCUT2D eigenvalue weighted by Crippen LogP contribution is -2.37. The molecule has 1 fully saturated rings. The zero-order chi connectivity index (χ0) is 21.7. The van der Waals surface area contributed by atoms with Crippen molar-refractivity contribution in [1.82, 2.24) is 19.4 Å². The molecule has 7 nitrogen and oxygen atoms in total. The monoisotopic (exact) mass is 436 g/mol. The van der Waals surface area contributed by atoms with E-state index in [0.717, 1.165) is 41.2 Å². The van der Waals surface area contributed by atoms with Crippen LogP contribution in [-0.4, -0.2) is 50.8 Å². The van der Waals surface area contributed by atoms with Gasteiger partial charge in [0, 0.05) is 18.0 Å². The van der Waals surface area contributed by atoms with Gasteiger partial charge < -0.3 is 0 Å².